The van der Waals surface area contributed by atoms with Gasteiger partial charge >= 0.3 is 0 Å². The minimum atomic E-state index is -1.83. The summed E-state index contributed by atoms with van der Waals surface area (Å²) in [5.41, 5.74) is 4.79. The average molecular weight is 443 g/mol. The maximum atomic E-state index is 12.2. The van der Waals surface area contributed by atoms with E-state index in [0.29, 0.717) is 23.7 Å². The Balaban J connectivity index is 1.31. The van der Waals surface area contributed by atoms with Crippen LogP contribution in [0.3, 0.4) is 0 Å². The van der Waals surface area contributed by atoms with Gasteiger partial charge in [0, 0.05) is 17.7 Å². The van der Waals surface area contributed by atoms with E-state index in [1.165, 1.54) is 5.56 Å². The largest absolute Gasteiger partial charge is 0.546 e. The van der Waals surface area contributed by atoms with Crippen molar-refractivity contribution in [1.82, 2.24) is 14.9 Å². The smallest absolute Gasteiger partial charge is 0.185 e. The van der Waals surface area contributed by atoms with Crippen LogP contribution in [0.15, 0.2) is 88.3 Å². The molecule has 7 nitrogen and oxygen atoms in total. The molecular weight excluding hydrogens is 422 g/mol. The number of fused-ring (bicyclic) bond motifs is 1. The van der Waals surface area contributed by atoms with E-state index in [1.807, 2.05) is 49.4 Å². The summed E-state index contributed by atoms with van der Waals surface area (Å²) in [5.74, 6) is 2.01. The highest BCUT2D eigenvalue weighted by Crippen LogP contribution is 2.25. The van der Waals surface area contributed by atoms with Crippen LogP contribution in [0.4, 0.5) is 5.69 Å². The Kier molecular flexibility index (Phi) is 5.51. The third-order valence-electron chi connectivity index (χ3n) is 5.05. The molecule has 0 atom stereocenters. The van der Waals surface area contributed by atoms with Gasteiger partial charge in [0.2, 0.25) is 0 Å². The highest BCUT2D eigenvalue weighted by molar-refractivity contribution is 7.70. The molecular formula is C24H20N5O2S-. The molecule has 0 spiro atoms. The van der Waals surface area contributed by atoms with Crippen molar-refractivity contribution in [1.29, 1.82) is 0 Å². The molecule has 0 bridgehead atoms. The van der Waals surface area contributed by atoms with Crippen molar-refractivity contribution in [2.75, 3.05) is 0 Å². The molecule has 160 valence electrons. The molecule has 32 heavy (non-hydrogen) atoms. The Morgan fingerprint density at radius 1 is 0.969 bits per heavy atom. The maximum absolute atomic E-state index is 12.2. The summed E-state index contributed by atoms with van der Waals surface area (Å²) in [6.45, 7) is 1.98. The van der Waals surface area contributed by atoms with Crippen LogP contribution in [-0.4, -0.2) is 20.6 Å². The lowest BCUT2D eigenvalue weighted by atomic mass is 10.1. The van der Waals surface area contributed by atoms with Gasteiger partial charge in [0.15, 0.2) is 11.6 Å². The zero-order valence-corrected chi connectivity index (χ0v) is 18.2. The summed E-state index contributed by atoms with van der Waals surface area (Å²) < 4.78 is 23.5. The van der Waals surface area contributed by atoms with E-state index in [4.69, 9.17) is 9.28 Å². The SMILES string of the molecule is Cc1ccc(O[S-](=O)=Nc2ccc(-c3nnc4n3N=C(Cc3ccccc3)C4)cc2)cc1. The lowest BCUT2D eigenvalue weighted by Gasteiger charge is -2.10. The zero-order chi connectivity index (χ0) is 21.9. The first-order valence-corrected chi connectivity index (χ1v) is 11.2. The van der Waals surface area contributed by atoms with Gasteiger partial charge in [-0.05, 0) is 59.8 Å². The van der Waals surface area contributed by atoms with Crippen molar-refractivity contribution < 1.29 is 8.39 Å². The first-order chi connectivity index (χ1) is 15.6. The third-order valence-corrected chi connectivity index (χ3v) is 5.75. The standard InChI is InChI=1S/C24H20N5O2S/c1-17-7-13-22(14-8-17)31-32(30)28-20-11-9-19(10-12-20)24-26-25-23-16-21(27-29(23)24)15-18-5-3-2-4-6-18/h2-14H,15-16H2,1H3/q-1. The van der Waals surface area contributed by atoms with E-state index in [2.05, 4.69) is 26.7 Å². The fourth-order valence-electron chi connectivity index (χ4n) is 3.45. The van der Waals surface area contributed by atoms with Crippen molar-refractivity contribution in [3.63, 3.8) is 0 Å². The van der Waals surface area contributed by atoms with E-state index >= 15 is 0 Å². The van der Waals surface area contributed by atoms with Crippen LogP contribution in [0.1, 0.15) is 17.0 Å². The predicted octanol–water partition coefficient (Wildman–Crippen LogP) is 5.03. The minimum absolute atomic E-state index is 0.512. The van der Waals surface area contributed by atoms with Gasteiger partial charge in [0.1, 0.15) is 5.75 Å². The third kappa shape index (κ3) is 4.45. The molecule has 1 aliphatic rings. The van der Waals surface area contributed by atoms with Gasteiger partial charge in [-0.3, -0.25) is 0 Å². The zero-order valence-electron chi connectivity index (χ0n) is 17.4. The van der Waals surface area contributed by atoms with E-state index in [-0.39, 0.29) is 0 Å². The molecule has 5 rings (SSSR count). The summed E-state index contributed by atoms with van der Waals surface area (Å²) in [4.78, 5) is 0. The molecule has 3 aromatic carbocycles. The first kappa shape index (κ1) is 20.1. The second-order valence-electron chi connectivity index (χ2n) is 7.51. The van der Waals surface area contributed by atoms with Crippen molar-refractivity contribution in [2.45, 2.75) is 19.8 Å². The van der Waals surface area contributed by atoms with Gasteiger partial charge in [0.25, 0.3) is 0 Å². The molecule has 0 fully saturated rings. The van der Waals surface area contributed by atoms with E-state index in [1.54, 1.807) is 28.9 Å². The van der Waals surface area contributed by atoms with Crippen LogP contribution >= 0.6 is 0 Å². The van der Waals surface area contributed by atoms with Crippen LogP contribution < -0.4 is 4.18 Å². The molecule has 8 heteroatoms. The average Bonchev–Trinajstić information content (AvgIpc) is 3.37. The topological polar surface area (TPSA) is 81.7 Å². The normalized spacial score (nSPS) is 13.6. The Bertz CT molecular complexity index is 1350. The second kappa shape index (κ2) is 8.76. The van der Waals surface area contributed by atoms with Gasteiger partial charge in [-0.15, -0.1) is 10.2 Å². The molecule has 1 aromatic heterocycles. The summed E-state index contributed by atoms with van der Waals surface area (Å²) in [7, 11) is -1.83. The molecule has 0 radical (unpaired) electrons. The van der Waals surface area contributed by atoms with Crippen LogP contribution in [0.2, 0.25) is 0 Å². The maximum Gasteiger partial charge on any atom is 0.185 e. The van der Waals surface area contributed by atoms with E-state index < -0.39 is 10.9 Å². The molecule has 0 amide bonds. The Morgan fingerprint density at radius 2 is 1.72 bits per heavy atom. The highest BCUT2D eigenvalue weighted by atomic mass is 32.2. The Morgan fingerprint density at radius 3 is 2.47 bits per heavy atom. The monoisotopic (exact) mass is 442 g/mol. The number of aryl methyl sites for hydroxylation is 1. The fourth-order valence-corrected chi connectivity index (χ4v) is 4.06. The van der Waals surface area contributed by atoms with Crippen molar-refractivity contribution in [3.8, 4) is 17.1 Å². The summed E-state index contributed by atoms with van der Waals surface area (Å²) >= 11 is 0. The molecule has 0 saturated heterocycles. The van der Waals surface area contributed by atoms with Crippen molar-refractivity contribution >= 4 is 22.3 Å². The van der Waals surface area contributed by atoms with Crippen molar-refractivity contribution in [3.05, 3.63) is 95.8 Å². The fraction of sp³-hybridized carbons (Fsp3) is 0.125. The lowest BCUT2D eigenvalue weighted by Crippen LogP contribution is -2.03. The number of rotatable bonds is 6. The minimum Gasteiger partial charge on any atom is -0.546 e. The highest BCUT2D eigenvalue weighted by Gasteiger charge is 2.21. The molecule has 0 aliphatic carbocycles. The van der Waals surface area contributed by atoms with Crippen LogP contribution in [-0.2, 0) is 27.9 Å². The Labute approximate surface area is 187 Å². The van der Waals surface area contributed by atoms with Gasteiger partial charge in [0.05, 0.1) is 12.1 Å². The molecule has 0 saturated carbocycles. The lowest BCUT2D eigenvalue weighted by molar-refractivity contribution is 0.529. The quantitative estimate of drug-likeness (QED) is 0.392. The summed E-state index contributed by atoms with van der Waals surface area (Å²) in [6, 6.07) is 24.9. The molecule has 2 heterocycles. The summed E-state index contributed by atoms with van der Waals surface area (Å²) in [5, 5.41) is 13.3. The van der Waals surface area contributed by atoms with E-state index in [9.17, 15) is 4.21 Å². The van der Waals surface area contributed by atoms with Crippen LogP contribution in [0, 0.1) is 6.92 Å². The summed E-state index contributed by atoms with van der Waals surface area (Å²) in [6.07, 6.45) is 1.47. The number of hydrogen-bond donors (Lipinski definition) is 0. The first-order valence-electron chi connectivity index (χ1n) is 10.2. The van der Waals surface area contributed by atoms with E-state index in [0.717, 1.165) is 29.1 Å². The number of aromatic nitrogens is 3. The van der Waals surface area contributed by atoms with Crippen LogP contribution in [0.25, 0.3) is 11.4 Å². The molecule has 0 unspecified atom stereocenters. The predicted molar refractivity (Wildman–Crippen MR) is 124 cm³/mol. The molecule has 1 aliphatic heterocycles. The van der Waals surface area contributed by atoms with Crippen LogP contribution in [0.5, 0.6) is 5.75 Å². The number of nitrogens with zero attached hydrogens (tertiary/aromatic N) is 5. The number of hydrogen-bond acceptors (Lipinski definition) is 7. The molecule has 4 aromatic rings. The second-order valence-corrected chi connectivity index (χ2v) is 8.29. The van der Waals surface area contributed by atoms with Gasteiger partial charge in [-0.25, -0.2) is 0 Å². The van der Waals surface area contributed by atoms with Gasteiger partial charge in [-0.1, -0.05) is 48.0 Å². The van der Waals surface area contributed by atoms with Gasteiger partial charge in [-0.2, -0.15) is 9.78 Å². The van der Waals surface area contributed by atoms with Crippen molar-refractivity contribution in [2.24, 2.45) is 9.46 Å². The molecule has 0 N–H and O–H groups in total. The Hall–Kier alpha value is -3.78. The van der Waals surface area contributed by atoms with Gasteiger partial charge < -0.3 is 12.8 Å². The number of benzene rings is 3.